The number of carbonyl (C=O) groups is 1. The van der Waals surface area contributed by atoms with E-state index >= 15 is 0 Å². The molecule has 0 radical (unpaired) electrons. The molecule has 4 rings (SSSR count). The Balaban J connectivity index is 1.59. The molecule has 2 heterocycles. The highest BCUT2D eigenvalue weighted by atomic mass is 16.2. The number of hydrogen-bond donors (Lipinski definition) is 1. The highest BCUT2D eigenvalue weighted by molar-refractivity contribution is 5.93. The Hall–Kier alpha value is -3.15. The van der Waals surface area contributed by atoms with E-state index < -0.39 is 0 Å². The number of nitrogens with zero attached hydrogens (tertiary/aromatic N) is 4. The lowest BCUT2D eigenvalue weighted by molar-refractivity contribution is 0.0943. The molecule has 0 aliphatic heterocycles. The highest BCUT2D eigenvalue weighted by Gasteiger charge is 2.29. The molecule has 0 unspecified atom stereocenters. The number of benzene rings is 1. The zero-order valence-electron chi connectivity index (χ0n) is 15.6. The van der Waals surface area contributed by atoms with Crippen molar-refractivity contribution in [2.75, 3.05) is 19.0 Å². The average Bonchev–Trinajstić information content (AvgIpc) is 3.45. The minimum absolute atomic E-state index is 0.133. The third-order valence-electron chi connectivity index (χ3n) is 4.69. The molecular weight excluding hydrogens is 338 g/mol. The van der Waals surface area contributed by atoms with Crippen LogP contribution in [0.1, 0.15) is 40.5 Å². The van der Waals surface area contributed by atoms with Crippen molar-refractivity contribution in [1.82, 2.24) is 20.1 Å². The van der Waals surface area contributed by atoms with Crippen LogP contribution in [0.3, 0.4) is 0 Å². The summed E-state index contributed by atoms with van der Waals surface area (Å²) in [5.74, 6) is 1.21. The van der Waals surface area contributed by atoms with Gasteiger partial charge < -0.3 is 10.2 Å². The van der Waals surface area contributed by atoms with E-state index in [0.717, 1.165) is 35.6 Å². The first-order chi connectivity index (χ1) is 13.1. The zero-order chi connectivity index (χ0) is 18.8. The Kier molecular flexibility index (Phi) is 4.62. The van der Waals surface area contributed by atoms with Crippen LogP contribution in [-0.2, 0) is 6.54 Å². The van der Waals surface area contributed by atoms with Crippen molar-refractivity contribution in [3.8, 4) is 5.69 Å². The SMILES string of the molecule is CN(C)c1ncccc1CNC(=O)c1cc(C2CC2)nn1-c1ccccc1. The molecule has 3 aromatic rings. The molecule has 0 atom stereocenters. The van der Waals surface area contributed by atoms with Gasteiger partial charge in [-0.3, -0.25) is 4.79 Å². The minimum atomic E-state index is -0.133. The first-order valence-corrected chi connectivity index (χ1v) is 9.18. The lowest BCUT2D eigenvalue weighted by Gasteiger charge is -2.16. The van der Waals surface area contributed by atoms with Crippen molar-refractivity contribution in [2.24, 2.45) is 0 Å². The Morgan fingerprint density at radius 3 is 2.67 bits per heavy atom. The topological polar surface area (TPSA) is 63.1 Å². The van der Waals surface area contributed by atoms with Crippen LogP contribution in [0, 0.1) is 0 Å². The van der Waals surface area contributed by atoms with Gasteiger partial charge in [0, 0.05) is 38.3 Å². The summed E-state index contributed by atoms with van der Waals surface area (Å²) in [6.07, 6.45) is 4.05. The molecule has 6 nitrogen and oxygen atoms in total. The molecule has 1 fully saturated rings. The molecule has 27 heavy (non-hydrogen) atoms. The predicted molar refractivity (Wildman–Crippen MR) is 105 cm³/mol. The highest BCUT2D eigenvalue weighted by Crippen LogP contribution is 2.39. The van der Waals surface area contributed by atoms with E-state index in [9.17, 15) is 4.79 Å². The lowest BCUT2D eigenvalue weighted by atomic mass is 10.2. The van der Waals surface area contributed by atoms with Crippen LogP contribution in [0.5, 0.6) is 0 Å². The Bertz CT molecular complexity index is 944. The fraction of sp³-hybridized carbons (Fsp3) is 0.286. The van der Waals surface area contributed by atoms with Crippen molar-refractivity contribution in [1.29, 1.82) is 0 Å². The second-order valence-electron chi connectivity index (χ2n) is 7.04. The molecule has 1 aliphatic rings. The van der Waals surface area contributed by atoms with Gasteiger partial charge in [-0.15, -0.1) is 0 Å². The van der Waals surface area contributed by atoms with Gasteiger partial charge in [-0.05, 0) is 37.1 Å². The van der Waals surface area contributed by atoms with Crippen LogP contribution in [0.4, 0.5) is 5.82 Å². The summed E-state index contributed by atoms with van der Waals surface area (Å²) in [5, 5.41) is 7.73. The maximum Gasteiger partial charge on any atom is 0.270 e. The molecule has 1 saturated carbocycles. The number of para-hydroxylation sites is 1. The normalized spacial score (nSPS) is 13.4. The number of carbonyl (C=O) groups excluding carboxylic acids is 1. The largest absolute Gasteiger partial charge is 0.362 e. The van der Waals surface area contributed by atoms with E-state index in [1.807, 2.05) is 67.5 Å². The number of hydrogen-bond acceptors (Lipinski definition) is 4. The van der Waals surface area contributed by atoms with Crippen LogP contribution in [0.25, 0.3) is 5.69 Å². The van der Waals surface area contributed by atoms with Gasteiger partial charge in [0.05, 0.1) is 11.4 Å². The first kappa shape index (κ1) is 17.3. The van der Waals surface area contributed by atoms with Gasteiger partial charge in [0.25, 0.3) is 5.91 Å². The van der Waals surface area contributed by atoms with Gasteiger partial charge in [-0.1, -0.05) is 24.3 Å². The number of nitrogens with one attached hydrogen (secondary N) is 1. The van der Waals surface area contributed by atoms with Gasteiger partial charge in [0.1, 0.15) is 11.5 Å². The van der Waals surface area contributed by atoms with Crippen molar-refractivity contribution in [2.45, 2.75) is 25.3 Å². The van der Waals surface area contributed by atoms with Crippen molar-refractivity contribution in [3.05, 3.63) is 71.7 Å². The smallest absolute Gasteiger partial charge is 0.270 e. The van der Waals surface area contributed by atoms with Gasteiger partial charge in [-0.25, -0.2) is 9.67 Å². The van der Waals surface area contributed by atoms with Gasteiger partial charge in [0.15, 0.2) is 0 Å². The van der Waals surface area contributed by atoms with Gasteiger partial charge in [-0.2, -0.15) is 5.10 Å². The predicted octanol–water partition coefficient (Wildman–Crippen LogP) is 3.14. The Morgan fingerprint density at radius 1 is 1.19 bits per heavy atom. The average molecular weight is 361 g/mol. The van der Waals surface area contributed by atoms with Crippen LogP contribution in [0.2, 0.25) is 0 Å². The Labute approximate surface area is 158 Å². The summed E-state index contributed by atoms with van der Waals surface area (Å²) in [6, 6.07) is 15.6. The second-order valence-corrected chi connectivity index (χ2v) is 7.04. The fourth-order valence-electron chi connectivity index (χ4n) is 3.14. The number of anilines is 1. The molecule has 1 amide bonds. The van der Waals surface area contributed by atoms with Crippen LogP contribution >= 0.6 is 0 Å². The molecule has 0 bridgehead atoms. The zero-order valence-corrected chi connectivity index (χ0v) is 15.6. The van der Waals surface area contributed by atoms with E-state index in [1.54, 1.807) is 10.9 Å². The third-order valence-corrected chi connectivity index (χ3v) is 4.69. The molecule has 1 N–H and O–H groups in total. The number of pyridine rings is 1. The van der Waals surface area contributed by atoms with E-state index in [4.69, 9.17) is 5.10 Å². The maximum atomic E-state index is 12.9. The number of aromatic nitrogens is 3. The molecule has 2 aromatic heterocycles. The monoisotopic (exact) mass is 361 g/mol. The Morgan fingerprint density at radius 2 is 1.96 bits per heavy atom. The van der Waals surface area contributed by atoms with Crippen LogP contribution < -0.4 is 10.2 Å². The van der Waals surface area contributed by atoms with E-state index in [1.165, 1.54) is 0 Å². The van der Waals surface area contributed by atoms with Crippen molar-refractivity contribution < 1.29 is 4.79 Å². The standard InChI is InChI=1S/C21H23N5O/c1-25(2)20-16(7-6-12-22-20)14-23-21(27)19-13-18(15-10-11-15)24-26(19)17-8-4-3-5-9-17/h3-9,12-13,15H,10-11,14H2,1-2H3,(H,23,27). The maximum absolute atomic E-state index is 12.9. The van der Waals surface area contributed by atoms with Crippen molar-refractivity contribution in [3.63, 3.8) is 0 Å². The summed E-state index contributed by atoms with van der Waals surface area (Å²) in [5.41, 5.74) is 3.44. The minimum Gasteiger partial charge on any atom is -0.362 e. The quantitative estimate of drug-likeness (QED) is 0.733. The summed E-state index contributed by atoms with van der Waals surface area (Å²) < 4.78 is 1.75. The summed E-state index contributed by atoms with van der Waals surface area (Å²) in [6.45, 7) is 0.416. The van der Waals surface area contributed by atoms with Gasteiger partial charge >= 0.3 is 0 Å². The molecule has 1 aromatic carbocycles. The van der Waals surface area contributed by atoms with E-state index in [-0.39, 0.29) is 5.91 Å². The summed E-state index contributed by atoms with van der Waals surface area (Å²) >= 11 is 0. The van der Waals surface area contributed by atoms with Crippen LogP contribution in [-0.4, -0.2) is 34.8 Å². The van der Waals surface area contributed by atoms with Gasteiger partial charge in [0.2, 0.25) is 0 Å². The number of amides is 1. The van der Waals surface area contributed by atoms with Crippen molar-refractivity contribution >= 4 is 11.7 Å². The lowest BCUT2D eigenvalue weighted by Crippen LogP contribution is -2.26. The molecule has 0 saturated heterocycles. The first-order valence-electron chi connectivity index (χ1n) is 9.18. The number of rotatable bonds is 6. The summed E-state index contributed by atoms with van der Waals surface area (Å²) in [7, 11) is 3.89. The van der Waals surface area contributed by atoms with Crippen LogP contribution in [0.15, 0.2) is 54.7 Å². The second kappa shape index (κ2) is 7.23. The summed E-state index contributed by atoms with van der Waals surface area (Å²) in [4.78, 5) is 19.3. The molecule has 0 spiro atoms. The van der Waals surface area contributed by atoms with E-state index in [2.05, 4.69) is 10.3 Å². The molecule has 1 aliphatic carbocycles. The fourth-order valence-corrected chi connectivity index (χ4v) is 3.14. The molecule has 138 valence electrons. The molecular formula is C21H23N5O. The third kappa shape index (κ3) is 3.69. The molecule has 6 heteroatoms. The van der Waals surface area contributed by atoms with E-state index in [0.29, 0.717) is 18.2 Å².